The van der Waals surface area contributed by atoms with Crippen molar-refractivity contribution in [3.63, 3.8) is 0 Å². The number of aldehydes is 1. The number of benzene rings is 2. The normalized spacial score (nSPS) is 13.5. The third-order valence-corrected chi connectivity index (χ3v) is 11.8. The number of ether oxygens (including phenoxy) is 2. The first-order valence-electron chi connectivity index (χ1n) is 19.4. The van der Waals surface area contributed by atoms with Gasteiger partial charge in [0.05, 0.1) is 82.8 Å². The lowest BCUT2D eigenvalue weighted by Gasteiger charge is -2.46. The highest BCUT2D eigenvalue weighted by Crippen LogP contribution is 2.46. The van der Waals surface area contributed by atoms with Crippen molar-refractivity contribution in [1.29, 1.82) is 0 Å². The molecule has 0 atom stereocenters. The highest BCUT2D eigenvalue weighted by atomic mass is 35.5. The number of carbonyl (C=O) groups excluding carboxylic acids is 1. The van der Waals surface area contributed by atoms with Crippen LogP contribution in [0.25, 0.3) is 33.5 Å². The van der Waals surface area contributed by atoms with Gasteiger partial charge in [-0.05, 0) is 79.5 Å². The van der Waals surface area contributed by atoms with Gasteiger partial charge in [-0.1, -0.05) is 35.3 Å². The van der Waals surface area contributed by atoms with Gasteiger partial charge < -0.3 is 29.9 Å². The molecule has 2 aromatic carbocycles. The molecule has 2 aliphatic rings. The van der Waals surface area contributed by atoms with E-state index in [0.717, 1.165) is 50.9 Å². The van der Waals surface area contributed by atoms with E-state index in [-0.39, 0.29) is 0 Å². The van der Waals surface area contributed by atoms with Crippen LogP contribution >= 0.6 is 23.2 Å². The van der Waals surface area contributed by atoms with E-state index in [1.54, 1.807) is 55.1 Å². The number of fused-ring (bicyclic) bond motifs is 4. The highest BCUT2D eigenvalue weighted by molar-refractivity contribution is 6.33. The standard InChI is InChI=1S/C43H37Cl2N13O3/c1-46-43(24-59,55-14-10-25-16-37(60-2)31(18-35(25)55)51-41-47-22-29(44)39(53-41)27-20-49-57-12-6-4-8-33(27)57)56-15-11-26-17-38(61-3)32(19-36(26)56)52-42-48-23-30(45)40(54-42)28-21-50-58-13-7-5-9-34(28)58/h4-9,12-13,16-24,46H,10-11,14-15H2,1-3H3,(H,47,51,53)(H,48,52,54). The van der Waals surface area contributed by atoms with Crippen LogP contribution in [0.15, 0.2) is 97.8 Å². The largest absolute Gasteiger partial charge is 0.495 e. The van der Waals surface area contributed by atoms with E-state index in [2.05, 4.69) is 45.9 Å². The number of hydrogen-bond acceptors (Lipinski definition) is 14. The minimum atomic E-state index is -1.28. The summed E-state index contributed by atoms with van der Waals surface area (Å²) >= 11 is 13.3. The Kier molecular flexibility index (Phi) is 9.54. The van der Waals surface area contributed by atoms with E-state index in [4.69, 9.17) is 42.6 Å². The van der Waals surface area contributed by atoms with E-state index < -0.39 is 5.79 Å². The molecule has 3 N–H and O–H groups in total. The van der Waals surface area contributed by atoms with Crippen molar-refractivity contribution in [3.8, 4) is 34.0 Å². The lowest BCUT2D eigenvalue weighted by atomic mass is 10.1. The van der Waals surface area contributed by atoms with Crippen molar-refractivity contribution in [2.24, 2.45) is 0 Å². The molecule has 10 rings (SSSR count). The van der Waals surface area contributed by atoms with Gasteiger partial charge in [0.25, 0.3) is 0 Å². The van der Waals surface area contributed by atoms with Gasteiger partial charge in [-0.2, -0.15) is 10.2 Å². The van der Waals surface area contributed by atoms with Crippen molar-refractivity contribution in [3.05, 3.63) is 119 Å². The van der Waals surface area contributed by atoms with Gasteiger partial charge >= 0.3 is 0 Å². The predicted octanol–water partition coefficient (Wildman–Crippen LogP) is 7.20. The number of anilines is 6. The molecule has 0 saturated heterocycles. The molecule has 0 radical (unpaired) electrons. The predicted molar refractivity (Wildman–Crippen MR) is 235 cm³/mol. The molecular formula is C43H37Cl2N13O3. The number of carbonyl (C=O) groups is 1. The van der Waals surface area contributed by atoms with Crippen molar-refractivity contribution < 1.29 is 14.3 Å². The van der Waals surface area contributed by atoms with Crippen LogP contribution in [0.4, 0.5) is 34.6 Å². The van der Waals surface area contributed by atoms with Gasteiger partial charge in [0.2, 0.25) is 17.7 Å². The molecule has 8 aromatic rings. The van der Waals surface area contributed by atoms with E-state index in [1.807, 2.05) is 73.1 Å². The zero-order valence-corrected chi connectivity index (χ0v) is 34.6. The molecule has 306 valence electrons. The highest BCUT2D eigenvalue weighted by Gasteiger charge is 2.47. The molecule has 18 heteroatoms. The molecule has 16 nitrogen and oxygen atoms in total. The molecule has 8 heterocycles. The Bertz CT molecular complexity index is 2820. The third-order valence-electron chi connectivity index (χ3n) is 11.3. The molecule has 0 amide bonds. The Morgan fingerprint density at radius 2 is 1.16 bits per heavy atom. The van der Waals surface area contributed by atoms with Crippen LogP contribution in [0, 0.1) is 0 Å². The first-order chi connectivity index (χ1) is 29.8. The summed E-state index contributed by atoms with van der Waals surface area (Å²) in [4.78, 5) is 36.5. The molecule has 0 fully saturated rings. The maximum atomic E-state index is 13.7. The van der Waals surface area contributed by atoms with Crippen molar-refractivity contribution in [2.45, 2.75) is 18.6 Å². The average Bonchev–Trinajstić information content (AvgIpc) is 4.11. The number of nitrogens with zero attached hydrogens (tertiary/aromatic N) is 10. The van der Waals surface area contributed by atoms with Gasteiger partial charge in [0.1, 0.15) is 11.5 Å². The second-order valence-electron chi connectivity index (χ2n) is 14.5. The summed E-state index contributed by atoms with van der Waals surface area (Å²) in [6.45, 7) is 1.10. The number of methoxy groups -OCH3 is 2. The monoisotopic (exact) mass is 853 g/mol. The Labute approximate surface area is 359 Å². The summed E-state index contributed by atoms with van der Waals surface area (Å²) in [5.41, 5.74) is 9.26. The van der Waals surface area contributed by atoms with E-state index in [9.17, 15) is 4.79 Å². The number of rotatable bonds is 12. The second-order valence-corrected chi connectivity index (χ2v) is 15.3. The van der Waals surface area contributed by atoms with E-state index in [1.165, 1.54) is 0 Å². The minimum absolute atomic E-state index is 0.311. The topological polar surface area (TPSA) is 164 Å². The van der Waals surface area contributed by atoms with Crippen molar-refractivity contribution >= 4 is 75.2 Å². The summed E-state index contributed by atoms with van der Waals surface area (Å²) in [6, 6.07) is 19.5. The van der Waals surface area contributed by atoms with Crippen molar-refractivity contribution in [1.82, 2.24) is 44.5 Å². The van der Waals surface area contributed by atoms with E-state index in [0.29, 0.717) is 82.1 Å². The van der Waals surface area contributed by atoms with Gasteiger partial charge in [0.15, 0.2) is 6.29 Å². The fraction of sp³-hybridized carbons (Fsp3) is 0.186. The molecule has 61 heavy (non-hydrogen) atoms. The molecule has 0 unspecified atom stereocenters. The zero-order chi connectivity index (χ0) is 41.8. The maximum absolute atomic E-state index is 13.7. The summed E-state index contributed by atoms with van der Waals surface area (Å²) < 4.78 is 15.3. The van der Waals surface area contributed by atoms with E-state index >= 15 is 0 Å². The Hall–Kier alpha value is -7.01. The summed E-state index contributed by atoms with van der Waals surface area (Å²) in [5.74, 6) is 0.536. The van der Waals surface area contributed by atoms with Crippen LogP contribution < -0.4 is 35.2 Å². The summed E-state index contributed by atoms with van der Waals surface area (Å²) in [5, 5.41) is 19.8. The number of hydrogen-bond donors (Lipinski definition) is 3. The second kappa shape index (κ2) is 15.2. The molecule has 0 aliphatic carbocycles. The fourth-order valence-electron chi connectivity index (χ4n) is 8.38. The number of halogens is 2. The zero-order valence-electron chi connectivity index (χ0n) is 33.1. The number of likely N-dealkylation sites (N-methyl/N-ethyl adjacent to an activating group) is 1. The van der Waals surface area contributed by atoms with Crippen LogP contribution in [0.1, 0.15) is 11.1 Å². The third kappa shape index (κ3) is 6.38. The molecule has 6 aromatic heterocycles. The molecule has 0 bridgehead atoms. The lowest BCUT2D eigenvalue weighted by Crippen LogP contribution is -2.69. The number of nitrogens with one attached hydrogen (secondary N) is 3. The van der Waals surface area contributed by atoms with Gasteiger partial charge in [-0.15, -0.1) is 0 Å². The van der Waals surface area contributed by atoms with Crippen LogP contribution in [0.5, 0.6) is 11.5 Å². The lowest BCUT2D eigenvalue weighted by molar-refractivity contribution is -0.113. The molecule has 2 aliphatic heterocycles. The van der Waals surface area contributed by atoms with Gasteiger partial charge in [-0.25, -0.2) is 29.0 Å². The summed E-state index contributed by atoms with van der Waals surface area (Å²) in [7, 11) is 5.03. The van der Waals surface area contributed by atoms with Gasteiger partial charge in [-0.3, -0.25) is 10.1 Å². The molecule has 0 saturated carbocycles. The minimum Gasteiger partial charge on any atom is -0.495 e. The smallest absolute Gasteiger partial charge is 0.227 e. The Morgan fingerprint density at radius 3 is 1.59 bits per heavy atom. The quantitative estimate of drug-likeness (QED) is 0.106. The Balaban J connectivity index is 0.983. The van der Waals surface area contributed by atoms with Crippen molar-refractivity contribution in [2.75, 3.05) is 54.8 Å². The van der Waals surface area contributed by atoms with Crippen LogP contribution in [0.2, 0.25) is 10.0 Å². The molecular weight excluding hydrogens is 817 g/mol. The number of aromatic nitrogens is 8. The first-order valence-corrected chi connectivity index (χ1v) is 20.1. The average molecular weight is 855 g/mol. The van der Waals surface area contributed by atoms with Gasteiger partial charge in [0, 0.05) is 48.0 Å². The summed E-state index contributed by atoms with van der Waals surface area (Å²) in [6.07, 6.45) is 12.6. The Morgan fingerprint density at radius 1 is 0.689 bits per heavy atom. The maximum Gasteiger partial charge on any atom is 0.227 e. The SMILES string of the molecule is CNC(C=O)(N1CCc2cc(OC)c(Nc3ncc(Cl)c(-c4cnn5ccccc45)n3)cc21)N1CCc2cc(OC)c(Nc3ncc(Cl)c(-c4cnn5ccccc45)n3)cc21. The fourth-order valence-corrected chi connectivity index (χ4v) is 8.77. The number of pyridine rings is 2. The van der Waals surface area contributed by atoms with Crippen LogP contribution in [0.3, 0.4) is 0 Å². The first kappa shape index (κ1) is 38.2. The van der Waals surface area contributed by atoms with Crippen LogP contribution in [-0.4, -0.2) is 85.6 Å². The molecule has 0 spiro atoms. The van der Waals surface area contributed by atoms with Crippen LogP contribution in [-0.2, 0) is 17.6 Å².